The van der Waals surface area contributed by atoms with E-state index in [9.17, 15) is 18.0 Å². The van der Waals surface area contributed by atoms with Crippen LogP contribution in [0.25, 0.3) is 0 Å². The van der Waals surface area contributed by atoms with Gasteiger partial charge in [0.05, 0.1) is 10.3 Å². The third-order valence-corrected chi connectivity index (χ3v) is 9.01. The highest BCUT2D eigenvalue weighted by molar-refractivity contribution is 8.00. The minimum Gasteiger partial charge on any atom is -0.444 e. The van der Waals surface area contributed by atoms with E-state index in [0.29, 0.717) is 18.8 Å². The molecule has 2 heterocycles. The monoisotopic (exact) mass is 487 g/mol. The van der Waals surface area contributed by atoms with Crippen molar-refractivity contribution in [2.45, 2.75) is 28.5 Å². The minimum atomic E-state index is -3.64. The number of carbonyl (C=O) groups is 2. The maximum absolute atomic E-state index is 13.1. The Morgan fingerprint density at radius 1 is 1.12 bits per heavy atom. The van der Waals surface area contributed by atoms with Gasteiger partial charge in [0.15, 0.2) is 0 Å². The second kappa shape index (κ2) is 9.98. The average Bonchev–Trinajstić information content (AvgIpc) is 3.38. The summed E-state index contributed by atoms with van der Waals surface area (Å²) < 4.78 is 32.9. The molecule has 33 heavy (non-hydrogen) atoms. The van der Waals surface area contributed by atoms with Gasteiger partial charge in [0, 0.05) is 24.0 Å². The van der Waals surface area contributed by atoms with Gasteiger partial charge in [-0.25, -0.2) is 13.2 Å². The molecular weight excluding hydrogens is 462 g/mol. The molecule has 0 bridgehead atoms. The Morgan fingerprint density at radius 3 is 2.52 bits per heavy atom. The number of fused-ring (bicyclic) bond motifs is 1. The molecule has 4 rings (SSSR count). The van der Waals surface area contributed by atoms with Gasteiger partial charge in [-0.3, -0.25) is 10.1 Å². The zero-order chi connectivity index (χ0) is 23.4. The van der Waals surface area contributed by atoms with Crippen LogP contribution in [0.3, 0.4) is 0 Å². The van der Waals surface area contributed by atoms with Crippen LogP contribution < -0.4 is 10.6 Å². The van der Waals surface area contributed by atoms with Crippen LogP contribution in [0.4, 0.5) is 10.5 Å². The highest BCUT2D eigenvalue weighted by Gasteiger charge is 2.45. The van der Waals surface area contributed by atoms with Gasteiger partial charge in [-0.2, -0.15) is 4.31 Å². The lowest BCUT2D eigenvalue weighted by Crippen LogP contribution is -2.33. The van der Waals surface area contributed by atoms with Crippen molar-refractivity contribution in [2.24, 2.45) is 5.92 Å². The third-order valence-electron chi connectivity index (χ3n) is 5.64. The summed E-state index contributed by atoms with van der Waals surface area (Å²) in [7, 11) is -3.64. The van der Waals surface area contributed by atoms with Crippen molar-refractivity contribution >= 4 is 39.5 Å². The summed E-state index contributed by atoms with van der Waals surface area (Å²) in [5, 5.41) is 5.62. The summed E-state index contributed by atoms with van der Waals surface area (Å²) >= 11 is 1.61. The third kappa shape index (κ3) is 5.58. The second-order valence-electron chi connectivity index (χ2n) is 7.90. The Morgan fingerprint density at radius 2 is 1.85 bits per heavy atom. The molecule has 2 aromatic rings. The maximum atomic E-state index is 13.1. The Kier molecular flexibility index (Phi) is 7.06. The summed E-state index contributed by atoms with van der Waals surface area (Å²) in [6.45, 7) is 4.43. The van der Waals surface area contributed by atoms with E-state index in [1.54, 1.807) is 23.9 Å². The molecular formula is C23H25N3O5S2. The molecule has 0 radical (unpaired) electrons. The van der Waals surface area contributed by atoms with Gasteiger partial charge in [0.1, 0.15) is 6.61 Å². The largest absolute Gasteiger partial charge is 0.444 e. The molecule has 0 aromatic heterocycles. The zero-order valence-electron chi connectivity index (χ0n) is 17.8. The molecule has 2 saturated heterocycles. The second-order valence-corrected chi connectivity index (χ2v) is 11.3. The fourth-order valence-corrected chi connectivity index (χ4v) is 7.24. The molecule has 0 spiro atoms. The van der Waals surface area contributed by atoms with E-state index in [0.717, 1.165) is 12.0 Å². The van der Waals surface area contributed by atoms with Gasteiger partial charge in [-0.15, -0.1) is 11.8 Å². The fraction of sp³-hybridized carbons (Fsp3) is 0.304. The Labute approximate surface area is 197 Å². The number of nitrogens with zero attached hydrogens (tertiary/aromatic N) is 1. The Bertz CT molecular complexity index is 1110. The molecule has 174 valence electrons. The molecule has 2 aliphatic heterocycles. The first-order valence-electron chi connectivity index (χ1n) is 10.5. The first-order chi connectivity index (χ1) is 15.8. The highest BCUT2D eigenvalue weighted by atomic mass is 32.2. The number of hydrogen-bond donors (Lipinski definition) is 2. The van der Waals surface area contributed by atoms with E-state index >= 15 is 0 Å². The van der Waals surface area contributed by atoms with Crippen molar-refractivity contribution in [1.29, 1.82) is 0 Å². The van der Waals surface area contributed by atoms with E-state index in [4.69, 9.17) is 4.74 Å². The summed E-state index contributed by atoms with van der Waals surface area (Å²) in [6, 6.07) is 15.4. The number of ether oxygens (including phenoxy) is 1. The topological polar surface area (TPSA) is 105 Å². The van der Waals surface area contributed by atoms with Crippen molar-refractivity contribution in [2.75, 3.05) is 18.4 Å². The molecule has 2 amide bonds. The maximum Gasteiger partial charge on any atom is 0.411 e. The number of carbonyl (C=O) groups excluding carboxylic acids is 2. The van der Waals surface area contributed by atoms with Crippen LogP contribution in [0.5, 0.6) is 0 Å². The summed E-state index contributed by atoms with van der Waals surface area (Å²) in [6.07, 6.45) is 1.36. The number of rotatable bonds is 7. The molecule has 2 fully saturated rings. The van der Waals surface area contributed by atoms with Crippen molar-refractivity contribution < 1.29 is 22.7 Å². The fourth-order valence-electron chi connectivity index (χ4n) is 3.97. The van der Waals surface area contributed by atoms with E-state index in [-0.39, 0.29) is 34.0 Å². The first-order valence-corrected chi connectivity index (χ1v) is 12.9. The molecule has 0 aliphatic carbocycles. The van der Waals surface area contributed by atoms with Crippen LogP contribution in [-0.2, 0) is 26.2 Å². The van der Waals surface area contributed by atoms with Gasteiger partial charge in [-0.1, -0.05) is 36.9 Å². The molecule has 3 atom stereocenters. The number of hydrogen-bond acceptors (Lipinski definition) is 6. The van der Waals surface area contributed by atoms with Crippen LogP contribution in [0.1, 0.15) is 12.0 Å². The Balaban J connectivity index is 1.31. The smallest absolute Gasteiger partial charge is 0.411 e. The zero-order valence-corrected chi connectivity index (χ0v) is 19.5. The van der Waals surface area contributed by atoms with Crippen molar-refractivity contribution in [3.8, 4) is 0 Å². The van der Waals surface area contributed by atoms with Crippen LogP contribution in [0, 0.1) is 5.92 Å². The van der Waals surface area contributed by atoms with Crippen LogP contribution >= 0.6 is 11.8 Å². The van der Waals surface area contributed by atoms with Gasteiger partial charge in [0.2, 0.25) is 15.9 Å². The minimum absolute atomic E-state index is 0.0117. The van der Waals surface area contributed by atoms with Gasteiger partial charge in [0.25, 0.3) is 0 Å². The standard InChI is InChI=1S/C23H25N3O5S2/c1-2-21(27)25-22-12-17-13-26(14-20(17)32-22)33(29,30)19-10-8-18(9-11-19)24-23(28)31-15-16-6-4-3-5-7-16/h2-11,17,20,22H,1,12-15H2,(H,24,28)(H,25,27). The predicted molar refractivity (Wildman–Crippen MR) is 127 cm³/mol. The summed E-state index contributed by atoms with van der Waals surface area (Å²) in [4.78, 5) is 23.7. The molecule has 10 heteroatoms. The quantitative estimate of drug-likeness (QED) is 0.581. The molecule has 2 aliphatic rings. The predicted octanol–water partition coefficient (Wildman–Crippen LogP) is 3.19. The number of thioether (sulfide) groups is 1. The van der Waals surface area contributed by atoms with E-state index in [2.05, 4.69) is 17.2 Å². The van der Waals surface area contributed by atoms with Crippen LogP contribution in [0.2, 0.25) is 0 Å². The number of nitrogens with one attached hydrogen (secondary N) is 2. The van der Waals surface area contributed by atoms with Crippen molar-refractivity contribution in [3.05, 3.63) is 72.8 Å². The number of anilines is 1. The summed E-state index contributed by atoms with van der Waals surface area (Å²) in [5.41, 5.74) is 1.32. The first kappa shape index (κ1) is 23.3. The average molecular weight is 488 g/mol. The molecule has 8 nitrogen and oxygen atoms in total. The molecule has 0 saturated carbocycles. The normalized spacial score (nSPS) is 22.4. The molecule has 3 unspecified atom stereocenters. The SMILES string of the molecule is C=CC(=O)NC1CC2CN(S(=O)(=O)c3ccc(NC(=O)OCc4ccccc4)cc3)CC2S1. The van der Waals surface area contributed by atoms with Gasteiger partial charge < -0.3 is 10.1 Å². The van der Waals surface area contributed by atoms with Gasteiger partial charge in [-0.05, 0) is 48.2 Å². The van der Waals surface area contributed by atoms with E-state index in [1.165, 1.54) is 22.5 Å². The van der Waals surface area contributed by atoms with Crippen molar-refractivity contribution in [1.82, 2.24) is 9.62 Å². The Hall–Kier alpha value is -2.82. The van der Waals surface area contributed by atoms with Gasteiger partial charge >= 0.3 is 6.09 Å². The van der Waals surface area contributed by atoms with E-state index < -0.39 is 16.1 Å². The van der Waals surface area contributed by atoms with E-state index in [1.807, 2.05) is 30.3 Å². The molecule has 2 N–H and O–H groups in total. The lowest BCUT2D eigenvalue weighted by atomic mass is 10.1. The highest BCUT2D eigenvalue weighted by Crippen LogP contribution is 2.43. The number of amides is 2. The lowest BCUT2D eigenvalue weighted by molar-refractivity contribution is -0.116. The summed E-state index contributed by atoms with van der Waals surface area (Å²) in [5.74, 6) is -0.0187. The van der Waals surface area contributed by atoms with Crippen molar-refractivity contribution in [3.63, 3.8) is 0 Å². The molecule has 2 aromatic carbocycles. The lowest BCUT2D eigenvalue weighted by Gasteiger charge is -2.19. The number of benzene rings is 2. The van der Waals surface area contributed by atoms with Crippen LogP contribution in [0.15, 0.2) is 72.1 Å². The number of sulfonamides is 1. The van der Waals surface area contributed by atoms with Crippen LogP contribution in [-0.4, -0.2) is 48.4 Å².